The Bertz CT molecular complexity index is 608. The fraction of sp³-hybridized carbons (Fsp3) is 0.500. The van der Waals surface area contributed by atoms with Gasteiger partial charge in [-0.3, -0.25) is 14.9 Å². The Kier molecular flexibility index (Phi) is 4.35. The van der Waals surface area contributed by atoms with Crippen molar-refractivity contribution in [1.82, 2.24) is 25.5 Å². The zero-order valence-corrected chi connectivity index (χ0v) is 12.6. The second-order valence-corrected chi connectivity index (χ2v) is 5.61. The summed E-state index contributed by atoms with van der Waals surface area (Å²) in [6.45, 7) is 1.29. The summed E-state index contributed by atoms with van der Waals surface area (Å²) >= 11 is 0. The number of nitrogens with one attached hydrogen (secondary N) is 2. The molecule has 2 saturated heterocycles. The van der Waals surface area contributed by atoms with Crippen molar-refractivity contribution in [2.24, 2.45) is 0 Å². The van der Waals surface area contributed by atoms with Gasteiger partial charge in [-0.2, -0.15) is 0 Å². The molecule has 0 saturated carbocycles. The van der Waals surface area contributed by atoms with Crippen molar-refractivity contribution >= 4 is 23.8 Å². The van der Waals surface area contributed by atoms with Gasteiger partial charge in [-0.15, -0.1) is 0 Å². The van der Waals surface area contributed by atoms with Crippen LogP contribution in [-0.2, 0) is 9.59 Å². The van der Waals surface area contributed by atoms with Gasteiger partial charge in [0.1, 0.15) is 13.1 Å². The average Bonchev–Trinajstić information content (AvgIpc) is 2.86. The largest absolute Gasteiger partial charge is 0.350 e. The molecule has 1 aromatic rings. The number of rotatable bonds is 4. The molecule has 23 heavy (non-hydrogen) atoms. The van der Waals surface area contributed by atoms with Crippen LogP contribution in [-0.4, -0.2) is 64.9 Å². The number of urea groups is 1. The predicted octanol–water partition coefficient (Wildman–Crippen LogP) is -0.887. The molecule has 2 N–H and O–H groups in total. The molecule has 9 heteroatoms. The number of imide groups is 1. The van der Waals surface area contributed by atoms with Crippen molar-refractivity contribution in [2.45, 2.75) is 18.9 Å². The molecule has 0 aliphatic carbocycles. The summed E-state index contributed by atoms with van der Waals surface area (Å²) in [4.78, 5) is 46.3. The Morgan fingerprint density at radius 1 is 1.35 bits per heavy atom. The lowest BCUT2D eigenvalue weighted by atomic mass is 10.1. The number of nitrogens with zero attached hydrogens (tertiary/aromatic N) is 4. The SMILES string of the molecule is O=C1CN(CC(=O)N[C@H]2CCCN(c3ncccn3)C2)C(=O)N1. The molecular weight excluding hydrogens is 300 g/mol. The number of anilines is 1. The molecule has 0 bridgehead atoms. The Morgan fingerprint density at radius 2 is 2.13 bits per heavy atom. The number of aromatic nitrogens is 2. The number of carbonyl (C=O) groups is 3. The van der Waals surface area contributed by atoms with E-state index < -0.39 is 6.03 Å². The second-order valence-electron chi connectivity index (χ2n) is 5.61. The van der Waals surface area contributed by atoms with Crippen LogP contribution in [0.1, 0.15) is 12.8 Å². The van der Waals surface area contributed by atoms with Crippen LogP contribution in [0.3, 0.4) is 0 Å². The van der Waals surface area contributed by atoms with Gasteiger partial charge < -0.3 is 15.1 Å². The fourth-order valence-corrected chi connectivity index (χ4v) is 2.79. The van der Waals surface area contributed by atoms with Crippen LogP contribution >= 0.6 is 0 Å². The Balaban J connectivity index is 1.52. The van der Waals surface area contributed by atoms with Crippen LogP contribution in [0.25, 0.3) is 0 Å². The highest BCUT2D eigenvalue weighted by atomic mass is 16.2. The average molecular weight is 318 g/mol. The van der Waals surface area contributed by atoms with Crippen LogP contribution in [0.4, 0.5) is 10.7 Å². The van der Waals surface area contributed by atoms with Crippen molar-refractivity contribution in [3.63, 3.8) is 0 Å². The van der Waals surface area contributed by atoms with E-state index in [0.717, 1.165) is 19.4 Å². The first-order valence-corrected chi connectivity index (χ1v) is 7.52. The molecule has 2 fully saturated rings. The summed E-state index contributed by atoms with van der Waals surface area (Å²) in [7, 11) is 0. The summed E-state index contributed by atoms with van der Waals surface area (Å²) in [5.74, 6) is -0.000450. The summed E-state index contributed by atoms with van der Waals surface area (Å²) in [6.07, 6.45) is 5.16. The molecule has 9 nitrogen and oxygen atoms in total. The second kappa shape index (κ2) is 6.59. The third-order valence-corrected chi connectivity index (χ3v) is 3.82. The van der Waals surface area contributed by atoms with Gasteiger partial charge in [-0.1, -0.05) is 0 Å². The smallest absolute Gasteiger partial charge is 0.325 e. The maximum absolute atomic E-state index is 12.1. The molecule has 3 heterocycles. The Hall–Kier alpha value is -2.71. The molecule has 0 aromatic carbocycles. The zero-order chi connectivity index (χ0) is 16.2. The molecule has 2 aliphatic heterocycles. The number of hydrogen-bond acceptors (Lipinski definition) is 6. The van der Waals surface area contributed by atoms with Gasteiger partial charge in [0, 0.05) is 31.5 Å². The Morgan fingerprint density at radius 3 is 2.83 bits per heavy atom. The van der Waals surface area contributed by atoms with E-state index in [1.807, 2.05) is 4.90 Å². The van der Waals surface area contributed by atoms with Crippen molar-refractivity contribution in [3.05, 3.63) is 18.5 Å². The number of carbonyl (C=O) groups excluding carboxylic acids is 3. The monoisotopic (exact) mass is 318 g/mol. The highest BCUT2D eigenvalue weighted by Crippen LogP contribution is 2.15. The van der Waals surface area contributed by atoms with Crippen molar-refractivity contribution in [1.29, 1.82) is 0 Å². The van der Waals surface area contributed by atoms with Crippen LogP contribution in [0, 0.1) is 0 Å². The van der Waals surface area contributed by atoms with Gasteiger partial charge in [0.05, 0.1) is 0 Å². The minimum atomic E-state index is -0.520. The first kappa shape index (κ1) is 15.2. The minimum Gasteiger partial charge on any atom is -0.350 e. The highest BCUT2D eigenvalue weighted by molar-refractivity contribution is 6.03. The fourth-order valence-electron chi connectivity index (χ4n) is 2.79. The van der Waals surface area contributed by atoms with Crippen LogP contribution in [0.2, 0.25) is 0 Å². The van der Waals surface area contributed by atoms with Crippen molar-refractivity contribution in [3.8, 4) is 0 Å². The van der Waals surface area contributed by atoms with E-state index >= 15 is 0 Å². The predicted molar refractivity (Wildman–Crippen MR) is 80.5 cm³/mol. The quantitative estimate of drug-likeness (QED) is 0.698. The molecule has 4 amide bonds. The van der Waals surface area contributed by atoms with Crippen LogP contribution in [0.15, 0.2) is 18.5 Å². The molecular formula is C14H18N6O3. The number of amides is 4. The third kappa shape index (κ3) is 3.74. The maximum atomic E-state index is 12.1. The van der Waals surface area contributed by atoms with Gasteiger partial charge in [0.15, 0.2) is 0 Å². The molecule has 1 atom stereocenters. The topological polar surface area (TPSA) is 108 Å². The lowest BCUT2D eigenvalue weighted by Gasteiger charge is -2.33. The summed E-state index contributed by atoms with van der Waals surface area (Å²) in [5, 5.41) is 5.06. The molecule has 122 valence electrons. The molecule has 0 spiro atoms. The lowest BCUT2D eigenvalue weighted by Crippen LogP contribution is -2.50. The summed E-state index contributed by atoms with van der Waals surface area (Å²) in [6, 6.07) is 1.21. The van der Waals surface area contributed by atoms with E-state index in [1.165, 1.54) is 4.90 Å². The number of hydrogen-bond donors (Lipinski definition) is 2. The lowest BCUT2D eigenvalue weighted by molar-refractivity contribution is -0.122. The van der Waals surface area contributed by atoms with E-state index in [2.05, 4.69) is 20.6 Å². The van der Waals surface area contributed by atoms with E-state index in [4.69, 9.17) is 0 Å². The first-order valence-electron chi connectivity index (χ1n) is 7.52. The van der Waals surface area contributed by atoms with E-state index in [0.29, 0.717) is 12.5 Å². The molecule has 1 aromatic heterocycles. The van der Waals surface area contributed by atoms with E-state index in [1.54, 1.807) is 18.5 Å². The number of piperidine rings is 1. The van der Waals surface area contributed by atoms with Crippen molar-refractivity contribution in [2.75, 3.05) is 31.1 Å². The standard InChI is InChI=1S/C14H18N6O3/c21-11(8-20-9-12(22)18-14(20)23)17-10-3-1-6-19(7-10)13-15-4-2-5-16-13/h2,4-5,10H,1,3,6-9H2,(H,17,21)(H,18,22,23)/t10-/m0/s1. The summed E-state index contributed by atoms with van der Waals surface area (Å²) in [5.41, 5.74) is 0. The Labute approximate surface area is 133 Å². The van der Waals surface area contributed by atoms with Gasteiger partial charge in [0.25, 0.3) is 0 Å². The summed E-state index contributed by atoms with van der Waals surface area (Å²) < 4.78 is 0. The molecule has 2 aliphatic rings. The van der Waals surface area contributed by atoms with Gasteiger partial charge >= 0.3 is 6.03 Å². The molecule has 0 unspecified atom stereocenters. The molecule has 3 rings (SSSR count). The normalized spacial score (nSPS) is 21.3. The minimum absolute atomic E-state index is 0.0265. The third-order valence-electron chi connectivity index (χ3n) is 3.82. The molecule has 0 radical (unpaired) electrons. The van der Waals surface area contributed by atoms with Crippen molar-refractivity contribution < 1.29 is 14.4 Å². The van der Waals surface area contributed by atoms with Gasteiger partial charge in [-0.25, -0.2) is 14.8 Å². The van der Waals surface area contributed by atoms with Crippen LogP contribution in [0.5, 0.6) is 0 Å². The van der Waals surface area contributed by atoms with Gasteiger partial charge in [0.2, 0.25) is 17.8 Å². The first-order chi connectivity index (χ1) is 11.1. The highest BCUT2D eigenvalue weighted by Gasteiger charge is 2.29. The van der Waals surface area contributed by atoms with E-state index in [9.17, 15) is 14.4 Å². The van der Waals surface area contributed by atoms with Gasteiger partial charge in [-0.05, 0) is 18.9 Å². The van der Waals surface area contributed by atoms with Crippen LogP contribution < -0.4 is 15.5 Å². The van der Waals surface area contributed by atoms with E-state index in [-0.39, 0.29) is 30.9 Å². The maximum Gasteiger partial charge on any atom is 0.325 e. The zero-order valence-electron chi connectivity index (χ0n) is 12.6.